The van der Waals surface area contributed by atoms with Crippen molar-refractivity contribution in [2.45, 2.75) is 31.7 Å². The Labute approximate surface area is 164 Å². The van der Waals surface area contributed by atoms with Crippen LogP contribution in [0, 0.1) is 0 Å². The van der Waals surface area contributed by atoms with E-state index in [1.807, 2.05) is 42.5 Å². The summed E-state index contributed by atoms with van der Waals surface area (Å²) in [7, 11) is 0. The average Bonchev–Trinajstić information content (AvgIpc) is 3.21. The van der Waals surface area contributed by atoms with Crippen LogP contribution >= 0.6 is 11.6 Å². The fraction of sp³-hybridized carbons (Fsp3) is 0.333. The molecule has 2 aromatic carbocycles. The monoisotopic (exact) mass is 385 g/mol. The summed E-state index contributed by atoms with van der Waals surface area (Å²) in [4.78, 5) is 27.0. The van der Waals surface area contributed by atoms with Crippen LogP contribution in [-0.2, 0) is 11.3 Å². The van der Waals surface area contributed by atoms with Gasteiger partial charge in [0, 0.05) is 31.0 Å². The second kappa shape index (κ2) is 8.91. The highest BCUT2D eigenvalue weighted by Crippen LogP contribution is 2.28. The molecule has 1 unspecified atom stereocenters. The van der Waals surface area contributed by atoms with Gasteiger partial charge < -0.3 is 15.5 Å². The molecule has 1 heterocycles. The lowest BCUT2D eigenvalue weighted by Crippen LogP contribution is -2.28. The second-order valence-corrected chi connectivity index (χ2v) is 7.35. The van der Waals surface area contributed by atoms with Gasteiger partial charge in [-0.1, -0.05) is 30.3 Å². The van der Waals surface area contributed by atoms with E-state index in [-0.39, 0.29) is 11.8 Å². The molecule has 27 heavy (non-hydrogen) atoms. The molecule has 0 aliphatic carbocycles. The fourth-order valence-electron chi connectivity index (χ4n) is 3.14. The summed E-state index contributed by atoms with van der Waals surface area (Å²) >= 11 is 5.83. The van der Waals surface area contributed by atoms with E-state index in [2.05, 4.69) is 15.5 Å². The van der Waals surface area contributed by atoms with Gasteiger partial charge in [0.1, 0.15) is 5.38 Å². The first-order valence-electron chi connectivity index (χ1n) is 9.20. The minimum Gasteiger partial charge on any atom is -0.371 e. The van der Waals surface area contributed by atoms with Gasteiger partial charge in [0.25, 0.3) is 5.91 Å². The molecule has 2 aromatic rings. The lowest BCUT2D eigenvalue weighted by molar-refractivity contribution is -0.115. The zero-order valence-corrected chi connectivity index (χ0v) is 16.1. The van der Waals surface area contributed by atoms with Crippen LogP contribution in [-0.4, -0.2) is 30.3 Å². The third-order valence-corrected chi connectivity index (χ3v) is 4.81. The van der Waals surface area contributed by atoms with Gasteiger partial charge in [0.15, 0.2) is 0 Å². The van der Waals surface area contributed by atoms with E-state index in [0.717, 1.165) is 37.2 Å². The molecular formula is C21H24ClN3O2. The molecule has 3 rings (SSSR count). The summed E-state index contributed by atoms with van der Waals surface area (Å²) in [5.41, 5.74) is 3.07. The molecule has 1 aliphatic heterocycles. The Bertz CT molecular complexity index is 802. The second-order valence-electron chi connectivity index (χ2n) is 6.70. The quantitative estimate of drug-likeness (QED) is 0.744. The minimum atomic E-state index is -0.640. The van der Waals surface area contributed by atoms with Gasteiger partial charge in [-0.15, -0.1) is 11.6 Å². The molecule has 1 saturated heterocycles. The highest BCUT2D eigenvalue weighted by Gasteiger charge is 2.21. The third kappa shape index (κ3) is 5.01. The molecule has 1 atom stereocenters. The van der Waals surface area contributed by atoms with Crippen LogP contribution < -0.4 is 15.5 Å². The van der Waals surface area contributed by atoms with E-state index in [0.29, 0.717) is 17.8 Å². The first-order chi connectivity index (χ1) is 13.0. The predicted molar refractivity (Wildman–Crippen MR) is 109 cm³/mol. The standard InChI is InChI=1S/C21H24ClN3O2/c1-15(22)20(26)24-17-9-10-19(25-11-5-6-12-25)18(13-17)21(27)23-14-16-7-3-2-4-8-16/h2-4,7-10,13,15H,5-6,11-12,14H2,1H3,(H,23,27)(H,24,26). The Balaban J connectivity index is 1.82. The van der Waals surface area contributed by atoms with Crippen molar-refractivity contribution in [3.63, 3.8) is 0 Å². The van der Waals surface area contributed by atoms with Gasteiger partial charge in [0.05, 0.1) is 5.56 Å². The van der Waals surface area contributed by atoms with Crippen LogP contribution in [0.15, 0.2) is 48.5 Å². The molecule has 0 radical (unpaired) electrons. The maximum Gasteiger partial charge on any atom is 0.253 e. The molecule has 2 N–H and O–H groups in total. The molecule has 0 spiro atoms. The summed E-state index contributed by atoms with van der Waals surface area (Å²) in [6, 6.07) is 15.2. The zero-order chi connectivity index (χ0) is 19.2. The lowest BCUT2D eigenvalue weighted by atomic mass is 10.1. The van der Waals surface area contributed by atoms with Crippen LogP contribution in [0.25, 0.3) is 0 Å². The van der Waals surface area contributed by atoms with Crippen LogP contribution in [0.1, 0.15) is 35.7 Å². The van der Waals surface area contributed by atoms with Crippen molar-refractivity contribution in [1.82, 2.24) is 5.32 Å². The number of amides is 2. The summed E-state index contributed by atoms with van der Waals surface area (Å²) in [6.07, 6.45) is 2.24. The fourth-order valence-corrected chi connectivity index (χ4v) is 3.20. The van der Waals surface area contributed by atoms with E-state index < -0.39 is 5.38 Å². The van der Waals surface area contributed by atoms with Gasteiger partial charge in [0.2, 0.25) is 5.91 Å². The van der Waals surface area contributed by atoms with Gasteiger partial charge in [-0.3, -0.25) is 9.59 Å². The van der Waals surface area contributed by atoms with Gasteiger partial charge in [-0.05, 0) is 43.5 Å². The highest BCUT2D eigenvalue weighted by molar-refractivity contribution is 6.32. The normalized spacial score (nSPS) is 14.7. The predicted octanol–water partition coefficient (Wildman–Crippen LogP) is 3.78. The number of rotatable bonds is 6. The van der Waals surface area contributed by atoms with Gasteiger partial charge >= 0.3 is 0 Å². The third-order valence-electron chi connectivity index (χ3n) is 4.61. The van der Waals surface area contributed by atoms with E-state index in [1.54, 1.807) is 13.0 Å². The molecule has 0 aromatic heterocycles. The largest absolute Gasteiger partial charge is 0.371 e. The number of carbonyl (C=O) groups excluding carboxylic acids is 2. The number of anilines is 2. The van der Waals surface area contributed by atoms with E-state index in [1.165, 1.54) is 0 Å². The minimum absolute atomic E-state index is 0.157. The van der Waals surface area contributed by atoms with Crippen molar-refractivity contribution in [2.75, 3.05) is 23.3 Å². The molecule has 2 amide bonds. The van der Waals surface area contributed by atoms with E-state index in [9.17, 15) is 9.59 Å². The molecule has 142 valence electrons. The molecule has 6 heteroatoms. The number of halogens is 1. The van der Waals surface area contributed by atoms with Crippen molar-refractivity contribution < 1.29 is 9.59 Å². The van der Waals surface area contributed by atoms with Crippen LogP contribution in [0.2, 0.25) is 0 Å². The number of carbonyl (C=O) groups is 2. The molecular weight excluding hydrogens is 362 g/mol. The van der Waals surface area contributed by atoms with Crippen LogP contribution in [0.4, 0.5) is 11.4 Å². The van der Waals surface area contributed by atoms with Crippen molar-refractivity contribution in [2.24, 2.45) is 0 Å². The molecule has 1 fully saturated rings. The van der Waals surface area contributed by atoms with Gasteiger partial charge in [-0.25, -0.2) is 0 Å². The maximum absolute atomic E-state index is 12.9. The number of alkyl halides is 1. The van der Waals surface area contributed by atoms with Crippen molar-refractivity contribution in [3.8, 4) is 0 Å². The van der Waals surface area contributed by atoms with Crippen LogP contribution in [0.3, 0.4) is 0 Å². The zero-order valence-electron chi connectivity index (χ0n) is 15.4. The summed E-state index contributed by atoms with van der Waals surface area (Å²) in [6.45, 7) is 3.93. The summed E-state index contributed by atoms with van der Waals surface area (Å²) in [5, 5.41) is 5.10. The highest BCUT2D eigenvalue weighted by atomic mass is 35.5. The molecule has 1 aliphatic rings. The van der Waals surface area contributed by atoms with Crippen molar-refractivity contribution in [1.29, 1.82) is 0 Å². The summed E-state index contributed by atoms with van der Waals surface area (Å²) < 4.78 is 0. The Morgan fingerprint density at radius 2 is 1.81 bits per heavy atom. The van der Waals surface area contributed by atoms with Crippen molar-refractivity contribution >= 4 is 34.8 Å². The summed E-state index contributed by atoms with van der Waals surface area (Å²) in [5.74, 6) is -0.447. The van der Waals surface area contributed by atoms with Crippen molar-refractivity contribution in [3.05, 3.63) is 59.7 Å². The number of nitrogens with zero attached hydrogens (tertiary/aromatic N) is 1. The number of benzene rings is 2. The SMILES string of the molecule is CC(Cl)C(=O)Nc1ccc(N2CCCC2)c(C(=O)NCc2ccccc2)c1. The lowest BCUT2D eigenvalue weighted by Gasteiger charge is -2.22. The van der Waals surface area contributed by atoms with Gasteiger partial charge in [-0.2, -0.15) is 0 Å². The molecule has 5 nitrogen and oxygen atoms in total. The molecule has 0 saturated carbocycles. The maximum atomic E-state index is 12.9. The molecule has 0 bridgehead atoms. The number of hydrogen-bond acceptors (Lipinski definition) is 3. The number of nitrogens with one attached hydrogen (secondary N) is 2. The Hall–Kier alpha value is -2.53. The van der Waals surface area contributed by atoms with E-state index >= 15 is 0 Å². The number of hydrogen-bond donors (Lipinski definition) is 2. The smallest absolute Gasteiger partial charge is 0.253 e. The first kappa shape index (κ1) is 19.2. The Morgan fingerprint density at radius 3 is 2.48 bits per heavy atom. The van der Waals surface area contributed by atoms with Crippen LogP contribution in [0.5, 0.6) is 0 Å². The topological polar surface area (TPSA) is 61.4 Å². The first-order valence-corrected chi connectivity index (χ1v) is 9.64. The van der Waals surface area contributed by atoms with E-state index in [4.69, 9.17) is 11.6 Å². The Morgan fingerprint density at radius 1 is 1.11 bits per heavy atom. The average molecular weight is 386 g/mol. The Kier molecular flexibility index (Phi) is 6.35.